The van der Waals surface area contributed by atoms with Crippen LogP contribution < -0.4 is 0 Å². The molecule has 0 atom stereocenters. The van der Waals surface area contributed by atoms with E-state index in [-0.39, 0.29) is 12.6 Å². The van der Waals surface area contributed by atoms with Crippen molar-refractivity contribution in [2.45, 2.75) is 25.7 Å². The SMILES string of the molecule is C=CCOC(=O)OCCCCCCOC(=O)c1ccccc1. The molecule has 120 valence electrons. The van der Waals surface area contributed by atoms with Gasteiger partial charge in [-0.3, -0.25) is 0 Å². The number of rotatable bonds is 10. The van der Waals surface area contributed by atoms with Gasteiger partial charge in [-0.25, -0.2) is 9.59 Å². The maximum Gasteiger partial charge on any atom is 0.508 e. The minimum atomic E-state index is -0.670. The quantitative estimate of drug-likeness (QED) is 0.374. The van der Waals surface area contributed by atoms with Crippen molar-refractivity contribution in [2.24, 2.45) is 0 Å². The van der Waals surface area contributed by atoms with E-state index in [1.54, 1.807) is 24.3 Å². The number of hydrogen-bond acceptors (Lipinski definition) is 5. The highest BCUT2D eigenvalue weighted by Crippen LogP contribution is 2.04. The van der Waals surface area contributed by atoms with Gasteiger partial charge in [0.25, 0.3) is 0 Å². The highest BCUT2D eigenvalue weighted by atomic mass is 16.7. The van der Waals surface area contributed by atoms with Crippen LogP contribution in [0.3, 0.4) is 0 Å². The van der Waals surface area contributed by atoms with Crippen molar-refractivity contribution in [3.63, 3.8) is 0 Å². The largest absolute Gasteiger partial charge is 0.508 e. The van der Waals surface area contributed by atoms with E-state index in [2.05, 4.69) is 11.3 Å². The second-order valence-corrected chi connectivity index (χ2v) is 4.61. The first-order valence-corrected chi connectivity index (χ1v) is 7.36. The zero-order valence-electron chi connectivity index (χ0n) is 12.7. The van der Waals surface area contributed by atoms with Crippen LogP contribution >= 0.6 is 0 Å². The third kappa shape index (κ3) is 8.09. The van der Waals surface area contributed by atoms with Crippen molar-refractivity contribution in [1.82, 2.24) is 0 Å². The van der Waals surface area contributed by atoms with E-state index < -0.39 is 6.16 Å². The summed E-state index contributed by atoms with van der Waals surface area (Å²) < 4.78 is 14.7. The molecule has 1 aromatic carbocycles. The van der Waals surface area contributed by atoms with Crippen molar-refractivity contribution in [3.8, 4) is 0 Å². The maximum absolute atomic E-state index is 11.6. The average molecular weight is 306 g/mol. The molecule has 22 heavy (non-hydrogen) atoms. The molecule has 0 N–H and O–H groups in total. The summed E-state index contributed by atoms with van der Waals surface area (Å²) in [4.78, 5) is 22.6. The summed E-state index contributed by atoms with van der Waals surface area (Å²) in [6.07, 6.45) is 4.18. The highest BCUT2D eigenvalue weighted by molar-refractivity contribution is 5.89. The van der Waals surface area contributed by atoms with Crippen LogP contribution in [0, 0.1) is 0 Å². The second kappa shape index (κ2) is 11.4. The Morgan fingerprint density at radius 2 is 1.55 bits per heavy atom. The summed E-state index contributed by atoms with van der Waals surface area (Å²) in [6, 6.07) is 8.91. The summed E-state index contributed by atoms with van der Waals surface area (Å²) in [5, 5.41) is 0. The summed E-state index contributed by atoms with van der Waals surface area (Å²) in [7, 11) is 0. The van der Waals surface area contributed by atoms with Gasteiger partial charge in [-0.15, -0.1) is 0 Å². The van der Waals surface area contributed by atoms with Crippen LogP contribution in [0.4, 0.5) is 4.79 Å². The predicted octanol–water partition coefficient (Wildman–Crippen LogP) is 3.74. The molecule has 0 unspecified atom stereocenters. The molecule has 0 aliphatic heterocycles. The molecule has 0 aliphatic carbocycles. The standard InChI is InChI=1S/C17H22O5/c1-2-12-21-17(19)22-14-9-4-3-8-13-20-16(18)15-10-6-5-7-11-15/h2,5-7,10-11H,1,3-4,8-9,12-14H2. The fourth-order valence-corrected chi connectivity index (χ4v) is 1.70. The lowest BCUT2D eigenvalue weighted by Gasteiger charge is -2.06. The number of unbranched alkanes of at least 4 members (excludes halogenated alkanes) is 3. The minimum absolute atomic E-state index is 0.158. The first kappa shape index (κ1) is 17.8. The molecule has 0 aliphatic rings. The van der Waals surface area contributed by atoms with E-state index >= 15 is 0 Å². The van der Waals surface area contributed by atoms with Gasteiger partial charge in [-0.1, -0.05) is 30.9 Å². The second-order valence-electron chi connectivity index (χ2n) is 4.61. The molecule has 0 radical (unpaired) electrons. The molecule has 0 saturated heterocycles. The molecule has 1 rings (SSSR count). The van der Waals surface area contributed by atoms with Crippen LogP contribution in [0.15, 0.2) is 43.0 Å². The number of hydrogen-bond donors (Lipinski definition) is 0. The summed E-state index contributed by atoms with van der Waals surface area (Å²) in [6.45, 7) is 4.32. The zero-order chi connectivity index (χ0) is 16.0. The van der Waals surface area contributed by atoms with Gasteiger partial charge in [0, 0.05) is 0 Å². The molecule has 5 heteroatoms. The smallest absolute Gasteiger partial charge is 0.462 e. The first-order chi connectivity index (χ1) is 10.7. The molecule has 0 spiro atoms. The lowest BCUT2D eigenvalue weighted by Crippen LogP contribution is -2.08. The fourth-order valence-electron chi connectivity index (χ4n) is 1.70. The van der Waals surface area contributed by atoms with E-state index in [0.717, 1.165) is 25.7 Å². The Bertz CT molecular complexity index is 455. The van der Waals surface area contributed by atoms with Crippen LogP contribution in [0.25, 0.3) is 0 Å². The maximum atomic E-state index is 11.6. The third-order valence-corrected chi connectivity index (χ3v) is 2.82. The van der Waals surface area contributed by atoms with Gasteiger partial charge in [-0.05, 0) is 37.8 Å². The van der Waals surface area contributed by atoms with E-state index in [1.165, 1.54) is 6.08 Å². The monoisotopic (exact) mass is 306 g/mol. The van der Waals surface area contributed by atoms with Gasteiger partial charge in [0.1, 0.15) is 6.61 Å². The van der Waals surface area contributed by atoms with Gasteiger partial charge >= 0.3 is 12.1 Å². The molecule has 0 fully saturated rings. The van der Waals surface area contributed by atoms with Gasteiger partial charge in [0.2, 0.25) is 0 Å². The Kier molecular flexibility index (Phi) is 9.17. The van der Waals surface area contributed by atoms with Crippen LogP contribution in [0.1, 0.15) is 36.0 Å². The van der Waals surface area contributed by atoms with Crippen LogP contribution in [-0.2, 0) is 14.2 Å². The third-order valence-electron chi connectivity index (χ3n) is 2.82. The summed E-state index contributed by atoms with van der Waals surface area (Å²) in [5.74, 6) is -0.297. The van der Waals surface area contributed by atoms with E-state index in [0.29, 0.717) is 18.8 Å². The highest BCUT2D eigenvalue weighted by Gasteiger charge is 2.05. The Hall–Kier alpha value is -2.30. The van der Waals surface area contributed by atoms with Crippen molar-refractivity contribution >= 4 is 12.1 Å². The van der Waals surface area contributed by atoms with Crippen LogP contribution in [-0.4, -0.2) is 31.9 Å². The summed E-state index contributed by atoms with van der Waals surface area (Å²) >= 11 is 0. The minimum Gasteiger partial charge on any atom is -0.462 e. The molecular formula is C17H22O5. The Morgan fingerprint density at radius 1 is 0.909 bits per heavy atom. The Labute approximate surface area is 130 Å². The van der Waals surface area contributed by atoms with Gasteiger partial charge in [-0.2, -0.15) is 0 Å². The molecule has 0 aromatic heterocycles. The average Bonchev–Trinajstić information content (AvgIpc) is 2.55. The fraction of sp³-hybridized carbons (Fsp3) is 0.412. The molecule has 0 saturated carbocycles. The molecule has 1 aromatic rings. The van der Waals surface area contributed by atoms with Crippen molar-refractivity contribution < 1.29 is 23.8 Å². The lowest BCUT2D eigenvalue weighted by molar-refractivity contribution is 0.0491. The lowest BCUT2D eigenvalue weighted by atomic mass is 10.2. The van der Waals surface area contributed by atoms with Crippen molar-refractivity contribution in [1.29, 1.82) is 0 Å². The van der Waals surface area contributed by atoms with E-state index in [9.17, 15) is 9.59 Å². The predicted molar refractivity (Wildman–Crippen MR) is 82.7 cm³/mol. The van der Waals surface area contributed by atoms with Gasteiger partial charge in [0.15, 0.2) is 0 Å². The molecule has 0 amide bonds. The molecular weight excluding hydrogens is 284 g/mol. The Morgan fingerprint density at radius 3 is 2.18 bits per heavy atom. The van der Waals surface area contributed by atoms with Gasteiger partial charge < -0.3 is 14.2 Å². The van der Waals surface area contributed by atoms with E-state index in [4.69, 9.17) is 9.47 Å². The molecule has 5 nitrogen and oxygen atoms in total. The normalized spacial score (nSPS) is 9.82. The molecule has 0 bridgehead atoms. The topological polar surface area (TPSA) is 61.8 Å². The number of benzene rings is 1. The first-order valence-electron chi connectivity index (χ1n) is 7.36. The van der Waals surface area contributed by atoms with Crippen LogP contribution in [0.5, 0.6) is 0 Å². The summed E-state index contributed by atoms with van der Waals surface area (Å²) in [5.41, 5.74) is 0.564. The van der Waals surface area contributed by atoms with Crippen LogP contribution in [0.2, 0.25) is 0 Å². The number of carbonyl (C=O) groups excluding carboxylic acids is 2. The van der Waals surface area contributed by atoms with Crippen molar-refractivity contribution in [3.05, 3.63) is 48.6 Å². The number of ether oxygens (including phenoxy) is 3. The van der Waals surface area contributed by atoms with E-state index in [1.807, 2.05) is 6.07 Å². The number of carbonyl (C=O) groups is 2. The van der Waals surface area contributed by atoms with Crippen molar-refractivity contribution in [2.75, 3.05) is 19.8 Å². The van der Waals surface area contributed by atoms with Gasteiger partial charge in [0.05, 0.1) is 18.8 Å². The molecule has 0 heterocycles. The Balaban J connectivity index is 1.94. The zero-order valence-corrected chi connectivity index (χ0v) is 12.7. The number of esters is 1.